The predicted octanol–water partition coefficient (Wildman–Crippen LogP) is -0.613. The number of rotatable bonds is 4. The maximum absolute atomic E-state index is 12.1. The molecule has 8 heteroatoms. The van der Waals surface area contributed by atoms with Crippen molar-refractivity contribution in [2.45, 2.75) is 12.5 Å². The number of nitrogens with zero attached hydrogens (tertiary/aromatic N) is 2. The van der Waals surface area contributed by atoms with Gasteiger partial charge >= 0.3 is 18.0 Å². The van der Waals surface area contributed by atoms with Crippen LogP contribution in [0.15, 0.2) is 0 Å². The molecule has 19 heavy (non-hydrogen) atoms. The van der Waals surface area contributed by atoms with E-state index in [1.165, 1.54) is 24.0 Å². The number of aliphatic carboxylic acids is 1. The van der Waals surface area contributed by atoms with E-state index in [1.54, 1.807) is 0 Å². The zero-order valence-corrected chi connectivity index (χ0v) is 11.0. The first-order chi connectivity index (χ1) is 8.97. The second kappa shape index (κ2) is 6.93. The monoisotopic (exact) mass is 274 g/mol. The van der Waals surface area contributed by atoms with Crippen LogP contribution in [0.3, 0.4) is 0 Å². The zero-order valence-electron chi connectivity index (χ0n) is 11.0. The zero-order chi connectivity index (χ0) is 14.4. The molecule has 2 amide bonds. The minimum atomic E-state index is -1.10. The molecule has 0 bridgehead atoms. The van der Waals surface area contributed by atoms with Crippen LogP contribution < -0.4 is 0 Å². The van der Waals surface area contributed by atoms with Gasteiger partial charge < -0.3 is 24.4 Å². The topological polar surface area (TPSA) is 96.4 Å². The standard InChI is InChI=1S/C11H18N2O6/c1-12(4-3-9(14)18-2)11(17)13-5-6-19-7-8(13)10(15)16/h8H,3-7H2,1-2H3,(H,15,16). The van der Waals surface area contributed by atoms with Crippen LogP contribution in [0.4, 0.5) is 4.79 Å². The molecule has 1 unspecified atom stereocenters. The van der Waals surface area contributed by atoms with Gasteiger partial charge in [0.15, 0.2) is 6.04 Å². The molecule has 0 aliphatic carbocycles. The van der Waals surface area contributed by atoms with Crippen molar-refractivity contribution in [3.8, 4) is 0 Å². The molecule has 0 spiro atoms. The quantitative estimate of drug-likeness (QED) is 0.687. The van der Waals surface area contributed by atoms with Crippen molar-refractivity contribution >= 4 is 18.0 Å². The highest BCUT2D eigenvalue weighted by atomic mass is 16.5. The molecule has 0 saturated carbocycles. The molecular formula is C11H18N2O6. The SMILES string of the molecule is COC(=O)CCN(C)C(=O)N1CCOCC1C(=O)O. The molecule has 8 nitrogen and oxygen atoms in total. The Morgan fingerprint density at radius 3 is 2.74 bits per heavy atom. The van der Waals surface area contributed by atoms with Gasteiger partial charge in [-0.15, -0.1) is 0 Å². The number of morpholine rings is 1. The Hall–Kier alpha value is -1.83. The van der Waals surface area contributed by atoms with Crippen LogP contribution in [-0.4, -0.2) is 79.4 Å². The van der Waals surface area contributed by atoms with Crippen molar-refractivity contribution in [2.24, 2.45) is 0 Å². The Morgan fingerprint density at radius 2 is 2.16 bits per heavy atom. The van der Waals surface area contributed by atoms with Crippen molar-refractivity contribution in [3.63, 3.8) is 0 Å². The normalized spacial score (nSPS) is 18.8. The lowest BCUT2D eigenvalue weighted by Gasteiger charge is -2.35. The number of carbonyl (C=O) groups is 3. The van der Waals surface area contributed by atoms with Crippen LogP contribution >= 0.6 is 0 Å². The lowest BCUT2D eigenvalue weighted by molar-refractivity contribution is -0.148. The molecular weight excluding hydrogens is 256 g/mol. The molecule has 0 aromatic rings. The molecule has 1 rings (SSSR count). The van der Waals surface area contributed by atoms with Crippen LogP contribution in [-0.2, 0) is 19.1 Å². The third-order valence-corrected chi connectivity index (χ3v) is 2.86. The average Bonchev–Trinajstić information content (AvgIpc) is 2.43. The first-order valence-corrected chi connectivity index (χ1v) is 5.86. The van der Waals surface area contributed by atoms with Gasteiger partial charge in [-0.3, -0.25) is 4.79 Å². The fraction of sp³-hybridized carbons (Fsp3) is 0.727. The van der Waals surface area contributed by atoms with Gasteiger partial charge in [-0.1, -0.05) is 0 Å². The van der Waals surface area contributed by atoms with E-state index >= 15 is 0 Å². The number of amides is 2. The minimum absolute atomic E-state index is 0.0219. The highest BCUT2D eigenvalue weighted by Crippen LogP contribution is 2.10. The van der Waals surface area contributed by atoms with E-state index < -0.39 is 24.0 Å². The van der Waals surface area contributed by atoms with E-state index in [-0.39, 0.29) is 26.1 Å². The Morgan fingerprint density at radius 1 is 1.47 bits per heavy atom. The smallest absolute Gasteiger partial charge is 0.328 e. The van der Waals surface area contributed by atoms with E-state index in [2.05, 4.69) is 4.74 Å². The van der Waals surface area contributed by atoms with Gasteiger partial charge in [-0.05, 0) is 0 Å². The number of urea groups is 1. The van der Waals surface area contributed by atoms with E-state index in [1.807, 2.05) is 0 Å². The second-order valence-corrected chi connectivity index (χ2v) is 4.15. The van der Waals surface area contributed by atoms with Crippen molar-refractivity contribution in [1.29, 1.82) is 0 Å². The molecule has 108 valence electrons. The fourth-order valence-electron chi connectivity index (χ4n) is 1.71. The minimum Gasteiger partial charge on any atom is -0.480 e. The first kappa shape index (κ1) is 15.2. The van der Waals surface area contributed by atoms with Gasteiger partial charge in [-0.2, -0.15) is 0 Å². The highest BCUT2D eigenvalue weighted by Gasteiger charge is 2.34. The van der Waals surface area contributed by atoms with Gasteiger partial charge in [0.2, 0.25) is 0 Å². The van der Waals surface area contributed by atoms with Crippen LogP contribution in [0, 0.1) is 0 Å². The van der Waals surface area contributed by atoms with Gasteiger partial charge in [-0.25, -0.2) is 9.59 Å². The number of carbonyl (C=O) groups excluding carboxylic acids is 2. The number of methoxy groups -OCH3 is 1. The van der Waals surface area contributed by atoms with Gasteiger partial charge in [0.05, 0.1) is 26.7 Å². The Kier molecular flexibility index (Phi) is 5.56. The van der Waals surface area contributed by atoms with E-state index in [0.29, 0.717) is 6.61 Å². The maximum Gasteiger partial charge on any atom is 0.328 e. The Labute approximate surface area is 110 Å². The molecule has 1 saturated heterocycles. The summed E-state index contributed by atoms with van der Waals surface area (Å²) in [5, 5.41) is 9.03. The van der Waals surface area contributed by atoms with Gasteiger partial charge in [0, 0.05) is 20.1 Å². The number of hydrogen-bond donors (Lipinski definition) is 1. The summed E-state index contributed by atoms with van der Waals surface area (Å²) in [7, 11) is 2.78. The first-order valence-electron chi connectivity index (χ1n) is 5.86. The summed E-state index contributed by atoms with van der Waals surface area (Å²) in [6.07, 6.45) is 0.0703. The number of ether oxygens (including phenoxy) is 2. The van der Waals surface area contributed by atoms with E-state index in [4.69, 9.17) is 9.84 Å². The lowest BCUT2D eigenvalue weighted by atomic mass is 10.2. The predicted molar refractivity (Wildman–Crippen MR) is 63.6 cm³/mol. The number of hydrogen-bond acceptors (Lipinski definition) is 5. The summed E-state index contributed by atoms with van der Waals surface area (Å²) in [6.45, 7) is 0.680. The van der Waals surface area contributed by atoms with E-state index in [0.717, 1.165) is 0 Å². The Balaban J connectivity index is 2.58. The number of carboxylic acid groups (broad SMARTS) is 1. The van der Waals surface area contributed by atoms with Crippen molar-refractivity contribution < 1.29 is 29.0 Å². The molecule has 0 aromatic carbocycles. The summed E-state index contributed by atoms with van der Waals surface area (Å²) in [5.41, 5.74) is 0. The van der Waals surface area contributed by atoms with E-state index in [9.17, 15) is 14.4 Å². The summed E-state index contributed by atoms with van der Waals surface area (Å²) in [4.78, 5) is 36.7. The summed E-state index contributed by atoms with van der Waals surface area (Å²) in [5.74, 6) is -1.52. The summed E-state index contributed by atoms with van der Waals surface area (Å²) >= 11 is 0. The number of esters is 1. The molecule has 0 aromatic heterocycles. The van der Waals surface area contributed by atoms with Crippen molar-refractivity contribution in [1.82, 2.24) is 9.80 Å². The largest absolute Gasteiger partial charge is 0.480 e. The van der Waals surface area contributed by atoms with Gasteiger partial charge in [0.1, 0.15) is 0 Å². The van der Waals surface area contributed by atoms with Crippen LogP contribution in [0.1, 0.15) is 6.42 Å². The number of carboxylic acids is 1. The molecule has 1 N–H and O–H groups in total. The van der Waals surface area contributed by atoms with Crippen molar-refractivity contribution in [3.05, 3.63) is 0 Å². The lowest BCUT2D eigenvalue weighted by Crippen LogP contribution is -2.56. The Bertz CT molecular complexity index is 359. The maximum atomic E-state index is 12.1. The van der Waals surface area contributed by atoms with Crippen LogP contribution in [0.25, 0.3) is 0 Å². The third-order valence-electron chi connectivity index (χ3n) is 2.86. The fourth-order valence-corrected chi connectivity index (χ4v) is 1.71. The summed E-state index contributed by atoms with van der Waals surface area (Å²) in [6, 6.07) is -1.42. The average molecular weight is 274 g/mol. The van der Waals surface area contributed by atoms with Crippen molar-refractivity contribution in [2.75, 3.05) is 40.5 Å². The van der Waals surface area contributed by atoms with Gasteiger partial charge in [0.25, 0.3) is 0 Å². The molecule has 0 radical (unpaired) electrons. The summed E-state index contributed by atoms with van der Waals surface area (Å²) < 4.78 is 9.53. The molecule has 1 heterocycles. The second-order valence-electron chi connectivity index (χ2n) is 4.15. The van der Waals surface area contributed by atoms with Crippen LogP contribution in [0.5, 0.6) is 0 Å². The molecule has 1 fully saturated rings. The third kappa shape index (κ3) is 4.09. The molecule has 1 atom stereocenters. The van der Waals surface area contributed by atoms with Crippen LogP contribution in [0.2, 0.25) is 0 Å². The highest BCUT2D eigenvalue weighted by molar-refractivity contribution is 5.83. The molecule has 1 aliphatic heterocycles. The molecule has 1 aliphatic rings.